The SMILES string of the molecule is C=CCC(Oc1ccccc1OC(F)(F)F)c1ccc(O)c(OC)c1. The molecule has 0 saturated carbocycles. The number of aromatic hydroxyl groups is 1. The lowest BCUT2D eigenvalue weighted by atomic mass is 10.1. The van der Waals surface area contributed by atoms with Crippen LogP contribution in [0.25, 0.3) is 0 Å². The van der Waals surface area contributed by atoms with Crippen LogP contribution in [0.1, 0.15) is 18.1 Å². The topological polar surface area (TPSA) is 47.9 Å². The Morgan fingerprint density at radius 2 is 1.80 bits per heavy atom. The van der Waals surface area contributed by atoms with Crippen molar-refractivity contribution in [1.29, 1.82) is 0 Å². The quantitative estimate of drug-likeness (QED) is 0.711. The average molecular weight is 354 g/mol. The summed E-state index contributed by atoms with van der Waals surface area (Å²) in [4.78, 5) is 0. The predicted molar refractivity (Wildman–Crippen MR) is 86.0 cm³/mol. The van der Waals surface area contributed by atoms with Gasteiger partial charge in [-0.2, -0.15) is 0 Å². The lowest BCUT2D eigenvalue weighted by Crippen LogP contribution is -2.18. The summed E-state index contributed by atoms with van der Waals surface area (Å²) in [6.07, 6.45) is -3.55. The molecule has 1 atom stereocenters. The first-order valence-corrected chi connectivity index (χ1v) is 7.33. The number of benzene rings is 2. The van der Waals surface area contributed by atoms with Crippen molar-refractivity contribution in [3.8, 4) is 23.0 Å². The van der Waals surface area contributed by atoms with Crippen molar-refractivity contribution in [2.45, 2.75) is 18.9 Å². The Morgan fingerprint density at radius 1 is 1.12 bits per heavy atom. The molecule has 2 aromatic rings. The molecule has 0 aliphatic heterocycles. The van der Waals surface area contributed by atoms with E-state index in [9.17, 15) is 18.3 Å². The van der Waals surface area contributed by atoms with Crippen LogP contribution in [0.2, 0.25) is 0 Å². The van der Waals surface area contributed by atoms with Gasteiger partial charge in [-0.05, 0) is 29.8 Å². The van der Waals surface area contributed by atoms with Crippen LogP contribution in [0.3, 0.4) is 0 Å². The van der Waals surface area contributed by atoms with Crippen molar-refractivity contribution in [3.63, 3.8) is 0 Å². The largest absolute Gasteiger partial charge is 0.573 e. The molecule has 0 saturated heterocycles. The van der Waals surface area contributed by atoms with Crippen LogP contribution in [0.5, 0.6) is 23.0 Å². The summed E-state index contributed by atoms with van der Waals surface area (Å²) < 4.78 is 52.4. The number of methoxy groups -OCH3 is 1. The van der Waals surface area contributed by atoms with Gasteiger partial charge in [0.25, 0.3) is 0 Å². The highest BCUT2D eigenvalue weighted by atomic mass is 19.4. The first kappa shape index (κ1) is 18.5. The van der Waals surface area contributed by atoms with Crippen LogP contribution >= 0.6 is 0 Å². The van der Waals surface area contributed by atoms with Crippen LogP contribution < -0.4 is 14.2 Å². The lowest BCUT2D eigenvalue weighted by molar-refractivity contribution is -0.275. The Balaban J connectivity index is 2.33. The molecule has 1 N–H and O–H groups in total. The Hall–Kier alpha value is -2.83. The normalized spacial score (nSPS) is 12.3. The van der Waals surface area contributed by atoms with Crippen LogP contribution in [0, 0.1) is 0 Å². The number of ether oxygens (including phenoxy) is 3. The third-order valence-electron chi connectivity index (χ3n) is 3.30. The van der Waals surface area contributed by atoms with Gasteiger partial charge in [-0.1, -0.05) is 24.3 Å². The van der Waals surface area contributed by atoms with Gasteiger partial charge < -0.3 is 19.3 Å². The summed E-state index contributed by atoms with van der Waals surface area (Å²) in [6.45, 7) is 3.64. The van der Waals surface area contributed by atoms with Gasteiger partial charge in [0.15, 0.2) is 23.0 Å². The Labute approximate surface area is 143 Å². The summed E-state index contributed by atoms with van der Waals surface area (Å²) >= 11 is 0. The van der Waals surface area contributed by atoms with Gasteiger partial charge in [0.05, 0.1) is 7.11 Å². The number of halogens is 3. The van der Waals surface area contributed by atoms with Crippen molar-refractivity contribution in [2.24, 2.45) is 0 Å². The summed E-state index contributed by atoms with van der Waals surface area (Å²) in [7, 11) is 1.40. The number of phenols is 1. The van der Waals surface area contributed by atoms with E-state index < -0.39 is 18.2 Å². The zero-order valence-electron chi connectivity index (χ0n) is 13.4. The third kappa shape index (κ3) is 5.07. The highest BCUT2D eigenvalue weighted by Gasteiger charge is 2.32. The van der Waals surface area contributed by atoms with Crippen molar-refractivity contribution < 1.29 is 32.5 Å². The highest BCUT2D eigenvalue weighted by Crippen LogP contribution is 2.37. The molecule has 2 rings (SSSR count). The Bertz CT molecular complexity index is 729. The van der Waals surface area contributed by atoms with Gasteiger partial charge in [0.2, 0.25) is 0 Å². The van der Waals surface area contributed by atoms with Crippen molar-refractivity contribution in [3.05, 3.63) is 60.7 Å². The molecule has 0 aliphatic rings. The minimum atomic E-state index is -4.82. The van der Waals surface area contributed by atoms with Gasteiger partial charge in [-0.25, -0.2) is 0 Å². The molecule has 0 bridgehead atoms. The number of alkyl halides is 3. The molecule has 134 valence electrons. The van der Waals surface area contributed by atoms with E-state index in [4.69, 9.17) is 9.47 Å². The molecular weight excluding hydrogens is 337 g/mol. The van der Waals surface area contributed by atoms with Gasteiger partial charge in [-0.3, -0.25) is 0 Å². The smallest absolute Gasteiger partial charge is 0.504 e. The summed E-state index contributed by atoms with van der Waals surface area (Å²) in [5.41, 5.74) is 0.608. The average Bonchev–Trinajstić information content (AvgIpc) is 2.55. The third-order valence-corrected chi connectivity index (χ3v) is 3.30. The summed E-state index contributed by atoms with van der Waals surface area (Å²) in [5, 5.41) is 9.68. The standard InChI is InChI=1S/C18H17F3O4/c1-3-6-14(12-9-10-13(22)17(11-12)23-2)24-15-7-4-5-8-16(15)25-18(19,20)21/h3-5,7-11,14,22H,1,6H2,2H3. The predicted octanol–water partition coefficient (Wildman–Crippen LogP) is 5.00. The second-order valence-corrected chi connectivity index (χ2v) is 5.06. The minimum absolute atomic E-state index is 0.0515. The first-order valence-electron chi connectivity index (χ1n) is 7.33. The molecule has 0 aromatic heterocycles. The number of hydrogen-bond acceptors (Lipinski definition) is 4. The highest BCUT2D eigenvalue weighted by molar-refractivity contribution is 5.44. The summed E-state index contributed by atoms with van der Waals surface area (Å²) in [5.74, 6) is -0.312. The molecule has 1 unspecified atom stereocenters. The first-order chi connectivity index (χ1) is 11.8. The zero-order valence-corrected chi connectivity index (χ0v) is 13.4. The second kappa shape index (κ2) is 7.83. The van der Waals surface area contributed by atoms with Crippen LogP contribution in [0.15, 0.2) is 55.1 Å². The van der Waals surface area contributed by atoms with Gasteiger partial charge in [0.1, 0.15) is 6.10 Å². The Morgan fingerprint density at radius 3 is 2.40 bits per heavy atom. The van der Waals surface area contributed by atoms with E-state index in [0.717, 1.165) is 0 Å². The second-order valence-electron chi connectivity index (χ2n) is 5.06. The Kier molecular flexibility index (Phi) is 5.80. The fraction of sp³-hybridized carbons (Fsp3) is 0.222. The lowest BCUT2D eigenvalue weighted by Gasteiger charge is -2.21. The fourth-order valence-corrected chi connectivity index (χ4v) is 2.21. The minimum Gasteiger partial charge on any atom is -0.504 e. The molecule has 0 heterocycles. The number of para-hydroxylation sites is 2. The molecule has 0 spiro atoms. The molecule has 0 aliphatic carbocycles. The molecular formula is C18H17F3O4. The number of hydrogen-bond donors (Lipinski definition) is 1. The van der Waals surface area contributed by atoms with E-state index in [2.05, 4.69) is 11.3 Å². The van der Waals surface area contributed by atoms with E-state index in [1.807, 2.05) is 0 Å². The maximum Gasteiger partial charge on any atom is 0.573 e. The van der Waals surface area contributed by atoms with Crippen molar-refractivity contribution in [2.75, 3.05) is 7.11 Å². The molecule has 0 fully saturated rings. The molecule has 4 nitrogen and oxygen atoms in total. The van der Waals surface area contributed by atoms with Gasteiger partial charge >= 0.3 is 6.36 Å². The summed E-state index contributed by atoms with van der Waals surface area (Å²) in [6, 6.07) is 10.1. The van der Waals surface area contributed by atoms with Gasteiger partial charge in [-0.15, -0.1) is 19.8 Å². The maximum atomic E-state index is 12.5. The van der Waals surface area contributed by atoms with E-state index >= 15 is 0 Å². The molecule has 0 amide bonds. The molecule has 2 aromatic carbocycles. The van der Waals surface area contributed by atoms with Crippen LogP contribution in [-0.2, 0) is 0 Å². The van der Waals surface area contributed by atoms with Crippen molar-refractivity contribution in [1.82, 2.24) is 0 Å². The molecule has 7 heteroatoms. The van der Waals surface area contributed by atoms with Gasteiger partial charge in [0, 0.05) is 6.42 Å². The van der Waals surface area contributed by atoms with Crippen LogP contribution in [-0.4, -0.2) is 18.6 Å². The van der Waals surface area contributed by atoms with E-state index in [-0.39, 0.29) is 17.2 Å². The molecule has 25 heavy (non-hydrogen) atoms. The fourth-order valence-electron chi connectivity index (χ4n) is 2.21. The van der Waals surface area contributed by atoms with E-state index in [1.165, 1.54) is 31.4 Å². The van der Waals surface area contributed by atoms with E-state index in [0.29, 0.717) is 12.0 Å². The maximum absolute atomic E-state index is 12.5. The van der Waals surface area contributed by atoms with E-state index in [1.54, 1.807) is 24.3 Å². The zero-order chi connectivity index (χ0) is 18.4. The van der Waals surface area contributed by atoms with Crippen molar-refractivity contribution >= 4 is 0 Å². The number of rotatable bonds is 7. The monoisotopic (exact) mass is 354 g/mol. The number of phenolic OH excluding ortho intramolecular Hbond substituents is 1. The molecule has 0 radical (unpaired) electrons. The van der Waals surface area contributed by atoms with Crippen LogP contribution in [0.4, 0.5) is 13.2 Å².